The van der Waals surface area contributed by atoms with Crippen LogP contribution in [0, 0.1) is 11.6 Å². The Morgan fingerprint density at radius 1 is 1.07 bits per heavy atom. The molecule has 0 saturated carbocycles. The lowest BCUT2D eigenvalue weighted by Gasteiger charge is -2.47. The van der Waals surface area contributed by atoms with Gasteiger partial charge in [-0.05, 0) is 56.1 Å². The van der Waals surface area contributed by atoms with E-state index in [9.17, 15) is 17.2 Å². The molecule has 1 atom stereocenters. The lowest BCUT2D eigenvalue weighted by atomic mass is 9.98. The van der Waals surface area contributed by atoms with Crippen LogP contribution < -0.4 is 10.2 Å². The van der Waals surface area contributed by atoms with Crippen molar-refractivity contribution in [3.63, 3.8) is 0 Å². The number of rotatable bonds is 6. The lowest BCUT2D eigenvalue weighted by Crippen LogP contribution is -2.58. The molecular weight excluding hydrogens is 574 g/mol. The molecule has 1 N–H and O–H groups in total. The van der Waals surface area contributed by atoms with Crippen LogP contribution in [0.1, 0.15) is 31.7 Å². The van der Waals surface area contributed by atoms with Gasteiger partial charge in [0.25, 0.3) is 0 Å². The molecule has 0 amide bonds. The number of hydrogen-bond acceptors (Lipinski definition) is 8. The summed E-state index contributed by atoms with van der Waals surface area (Å²) in [4.78, 5) is 13.3. The molecule has 1 aromatic heterocycles. The number of hydrogen-bond donors (Lipinski definition) is 1. The smallest absolute Gasteiger partial charge is 0.359 e. The molecule has 0 unspecified atom stereocenters. The summed E-state index contributed by atoms with van der Waals surface area (Å²) in [6.07, 6.45) is 4.66. The van der Waals surface area contributed by atoms with Gasteiger partial charge in [0.2, 0.25) is 0 Å². The van der Waals surface area contributed by atoms with Crippen LogP contribution in [0.2, 0.25) is 5.02 Å². The van der Waals surface area contributed by atoms with Crippen molar-refractivity contribution in [2.45, 2.75) is 44.8 Å². The molecule has 4 heterocycles. The van der Waals surface area contributed by atoms with Gasteiger partial charge in [-0.1, -0.05) is 24.6 Å². The predicted octanol–water partition coefficient (Wildman–Crippen LogP) is 3.61. The van der Waals surface area contributed by atoms with Crippen molar-refractivity contribution in [3.05, 3.63) is 52.7 Å². The summed E-state index contributed by atoms with van der Waals surface area (Å²) in [7, 11) is -0.535. The minimum absolute atomic E-state index is 0.121. The minimum Gasteiger partial charge on any atom is -0.359 e. The SMILES string of the molecule is CC[C@H]1CN(c2ncc(NC3=NS(=O)(=O)N=C3N(C)C)cc2Cl)CCN1C1CCN(Cc2ccc(F)c(F)c2)CC1. The van der Waals surface area contributed by atoms with E-state index in [2.05, 4.69) is 40.7 Å². The van der Waals surface area contributed by atoms with Crippen LogP contribution in [0.15, 0.2) is 39.3 Å². The number of pyridine rings is 1. The van der Waals surface area contributed by atoms with Crippen LogP contribution in [-0.2, 0) is 16.8 Å². The van der Waals surface area contributed by atoms with E-state index in [1.165, 1.54) is 12.1 Å². The Morgan fingerprint density at radius 3 is 2.49 bits per heavy atom. The maximum absolute atomic E-state index is 13.6. The molecular formula is C27H35ClF2N8O2S. The summed E-state index contributed by atoms with van der Waals surface area (Å²) in [5.74, 6) is -0.586. The first-order valence-electron chi connectivity index (χ1n) is 13.7. The Kier molecular flexibility index (Phi) is 8.78. The fraction of sp³-hybridized carbons (Fsp3) is 0.519. The molecule has 3 aliphatic rings. The van der Waals surface area contributed by atoms with E-state index in [4.69, 9.17) is 11.6 Å². The molecule has 41 heavy (non-hydrogen) atoms. The van der Waals surface area contributed by atoms with Gasteiger partial charge in [0.15, 0.2) is 23.3 Å². The average molecular weight is 609 g/mol. The second kappa shape index (κ2) is 12.2. The van der Waals surface area contributed by atoms with E-state index in [-0.39, 0.29) is 11.7 Å². The average Bonchev–Trinajstić information content (AvgIpc) is 3.25. The van der Waals surface area contributed by atoms with Crippen molar-refractivity contribution in [2.75, 3.05) is 57.0 Å². The van der Waals surface area contributed by atoms with Gasteiger partial charge in [-0.2, -0.15) is 8.42 Å². The maximum atomic E-state index is 13.6. The number of amidine groups is 2. The highest BCUT2D eigenvalue weighted by Gasteiger charge is 2.34. The van der Waals surface area contributed by atoms with Crippen LogP contribution in [-0.4, -0.2) is 98.7 Å². The molecule has 14 heteroatoms. The van der Waals surface area contributed by atoms with Gasteiger partial charge in [-0.15, -0.1) is 8.80 Å². The summed E-state index contributed by atoms with van der Waals surface area (Å²) in [6, 6.07) is 6.68. The fourth-order valence-electron chi connectivity index (χ4n) is 5.78. The van der Waals surface area contributed by atoms with Crippen molar-refractivity contribution in [1.29, 1.82) is 0 Å². The second-order valence-corrected chi connectivity index (χ2v) is 12.5. The van der Waals surface area contributed by atoms with Crippen LogP contribution in [0.4, 0.5) is 20.3 Å². The maximum Gasteiger partial charge on any atom is 0.367 e. The quantitative estimate of drug-likeness (QED) is 0.531. The molecule has 1 aromatic carbocycles. The van der Waals surface area contributed by atoms with Crippen molar-refractivity contribution >= 4 is 45.0 Å². The minimum atomic E-state index is -3.91. The first kappa shape index (κ1) is 29.6. The van der Waals surface area contributed by atoms with Gasteiger partial charge in [0.1, 0.15) is 5.82 Å². The molecule has 0 bridgehead atoms. The standard InChI is InChI=1S/C27H35ClF2N8O2S/c1-4-20-17-37(26-22(28)14-19(15-31-26)32-25-27(35(2)3)34-41(39,40)33-25)11-12-38(20)21-7-9-36(10-8-21)16-18-5-6-23(29)24(30)13-18/h5-6,13-15,20-21H,4,7-12,16-17H2,1-3H3,(H,32,33)/t20-/m0/s1. The highest BCUT2D eigenvalue weighted by molar-refractivity contribution is 7.89. The Morgan fingerprint density at radius 2 is 1.83 bits per heavy atom. The molecule has 10 nitrogen and oxygen atoms in total. The van der Waals surface area contributed by atoms with E-state index < -0.39 is 21.8 Å². The first-order chi connectivity index (χ1) is 19.5. The number of benzene rings is 1. The van der Waals surface area contributed by atoms with Crippen molar-refractivity contribution in [3.8, 4) is 0 Å². The zero-order valence-electron chi connectivity index (χ0n) is 23.4. The third kappa shape index (κ3) is 6.79. The third-order valence-electron chi connectivity index (χ3n) is 7.84. The predicted molar refractivity (Wildman–Crippen MR) is 158 cm³/mol. The summed E-state index contributed by atoms with van der Waals surface area (Å²) in [6.45, 7) is 7.12. The number of halogens is 3. The Labute approximate surface area is 244 Å². The highest BCUT2D eigenvalue weighted by Crippen LogP contribution is 2.31. The zero-order chi connectivity index (χ0) is 29.3. The van der Waals surface area contributed by atoms with E-state index in [1.807, 2.05) is 0 Å². The molecule has 2 fully saturated rings. The molecule has 2 aromatic rings. The fourth-order valence-corrected chi connectivity index (χ4v) is 6.93. The summed E-state index contributed by atoms with van der Waals surface area (Å²) in [5, 5.41) is 3.44. The van der Waals surface area contributed by atoms with Crippen molar-refractivity contribution < 1.29 is 17.2 Å². The summed E-state index contributed by atoms with van der Waals surface area (Å²) in [5.41, 5.74) is 1.31. The van der Waals surface area contributed by atoms with Gasteiger partial charge >= 0.3 is 10.2 Å². The summed E-state index contributed by atoms with van der Waals surface area (Å²) < 4.78 is 58.0. The number of likely N-dealkylation sites (tertiary alicyclic amines) is 1. The van der Waals surface area contributed by atoms with Gasteiger partial charge in [-0.3, -0.25) is 9.80 Å². The molecule has 0 spiro atoms. The highest BCUT2D eigenvalue weighted by atomic mass is 35.5. The zero-order valence-corrected chi connectivity index (χ0v) is 25.0. The van der Waals surface area contributed by atoms with E-state index >= 15 is 0 Å². The summed E-state index contributed by atoms with van der Waals surface area (Å²) >= 11 is 6.67. The number of likely N-dealkylation sites (N-methyl/N-ethyl adjacent to an activating group) is 1. The Hall–Kier alpha value is -2.87. The van der Waals surface area contributed by atoms with E-state index in [0.29, 0.717) is 35.2 Å². The van der Waals surface area contributed by atoms with Gasteiger partial charge < -0.3 is 15.1 Å². The first-order valence-corrected chi connectivity index (χ1v) is 15.5. The molecule has 5 rings (SSSR count). The normalized spacial score (nSPS) is 22.0. The van der Waals surface area contributed by atoms with E-state index in [1.54, 1.807) is 37.3 Å². The molecule has 0 aliphatic carbocycles. The largest absolute Gasteiger partial charge is 0.367 e. The van der Waals surface area contributed by atoms with Gasteiger partial charge in [-0.25, -0.2) is 13.8 Å². The molecule has 0 radical (unpaired) electrons. The Balaban J connectivity index is 1.18. The monoisotopic (exact) mass is 608 g/mol. The van der Waals surface area contributed by atoms with Crippen LogP contribution in [0.3, 0.4) is 0 Å². The van der Waals surface area contributed by atoms with Crippen LogP contribution >= 0.6 is 11.6 Å². The number of anilines is 2. The number of nitrogens with one attached hydrogen (secondary N) is 1. The molecule has 3 aliphatic heterocycles. The molecule has 2 saturated heterocycles. The van der Waals surface area contributed by atoms with Crippen LogP contribution in [0.25, 0.3) is 0 Å². The number of piperazine rings is 1. The van der Waals surface area contributed by atoms with Crippen LogP contribution in [0.5, 0.6) is 0 Å². The topological polar surface area (TPSA) is 96.7 Å². The molecule has 222 valence electrons. The van der Waals surface area contributed by atoms with Crippen molar-refractivity contribution in [2.24, 2.45) is 8.80 Å². The van der Waals surface area contributed by atoms with Gasteiger partial charge in [0, 0.05) is 52.4 Å². The lowest BCUT2D eigenvalue weighted by molar-refractivity contribution is 0.0610. The number of aromatic nitrogens is 1. The van der Waals surface area contributed by atoms with Crippen molar-refractivity contribution in [1.82, 2.24) is 19.7 Å². The van der Waals surface area contributed by atoms with Gasteiger partial charge in [0.05, 0.1) is 16.9 Å². The second-order valence-electron chi connectivity index (χ2n) is 10.9. The van der Waals surface area contributed by atoms with E-state index in [0.717, 1.165) is 57.5 Å². The Bertz CT molecular complexity index is 1450. The number of nitrogens with zero attached hydrogens (tertiary/aromatic N) is 7. The third-order valence-corrected chi connectivity index (χ3v) is 8.94. The number of piperidine rings is 1.